The maximum Gasteiger partial charge on any atom is 0.318 e. The number of hydrogen-bond donors (Lipinski definition) is 0. The van der Waals surface area contributed by atoms with Crippen LogP contribution in [0.4, 0.5) is 0 Å². The lowest BCUT2D eigenvalue weighted by atomic mass is 9.97. The second-order valence-electron chi connectivity index (χ2n) is 4.66. The van der Waals surface area contributed by atoms with Crippen molar-refractivity contribution in [3.8, 4) is 11.6 Å². The Labute approximate surface area is 144 Å². The van der Waals surface area contributed by atoms with Gasteiger partial charge in [0.1, 0.15) is 23.1 Å². The molecule has 0 saturated carbocycles. The first-order chi connectivity index (χ1) is 11.6. The van der Waals surface area contributed by atoms with E-state index in [1.54, 1.807) is 24.3 Å². The molecule has 0 saturated heterocycles. The molecule has 8 heteroatoms. The minimum atomic E-state index is -0.837. The molecule has 0 amide bonds. The number of carbonyl (C=O) groups is 1. The number of nitrogens with zero attached hydrogens (tertiary/aromatic N) is 2. The van der Waals surface area contributed by atoms with Crippen molar-refractivity contribution in [1.82, 2.24) is 9.97 Å². The van der Waals surface area contributed by atoms with Crippen molar-refractivity contribution < 1.29 is 23.7 Å². The quantitative estimate of drug-likeness (QED) is 0.430. The number of benzene rings is 1. The van der Waals surface area contributed by atoms with Crippen LogP contribution in [-0.2, 0) is 19.0 Å². The van der Waals surface area contributed by atoms with E-state index in [2.05, 4.69) is 9.97 Å². The minimum Gasteiger partial charge on any atom is -0.468 e. The van der Waals surface area contributed by atoms with Crippen molar-refractivity contribution in [2.45, 2.75) is 12.2 Å². The number of para-hydroxylation sites is 1. The number of hydrogen-bond acceptors (Lipinski definition) is 7. The normalized spacial score (nSPS) is 12.0. The summed E-state index contributed by atoms with van der Waals surface area (Å²) in [5.74, 6) is -0.696. The molecule has 0 radical (unpaired) electrons. The van der Waals surface area contributed by atoms with Gasteiger partial charge in [0.05, 0.1) is 7.11 Å². The standard InChI is InChI=1S/C16H17ClN2O5/c1-21-15(20)14(16(22-2)23-3)10-6-4-5-7-11(10)24-13-8-12(17)18-9-19-13/h4-9,14,16H,1-3H3. The Morgan fingerprint density at radius 2 is 1.83 bits per heavy atom. The van der Waals surface area contributed by atoms with Crippen LogP contribution in [0.1, 0.15) is 11.5 Å². The van der Waals surface area contributed by atoms with Crippen LogP contribution in [0.25, 0.3) is 0 Å². The lowest BCUT2D eigenvalue weighted by Gasteiger charge is -2.24. The number of halogens is 1. The number of rotatable bonds is 7. The van der Waals surface area contributed by atoms with E-state index in [4.69, 9.17) is 30.5 Å². The molecule has 1 atom stereocenters. The van der Waals surface area contributed by atoms with Crippen molar-refractivity contribution in [3.63, 3.8) is 0 Å². The van der Waals surface area contributed by atoms with Crippen LogP contribution in [0, 0.1) is 0 Å². The zero-order valence-corrected chi connectivity index (χ0v) is 14.2. The van der Waals surface area contributed by atoms with Crippen LogP contribution < -0.4 is 4.74 Å². The van der Waals surface area contributed by atoms with E-state index < -0.39 is 18.2 Å². The third kappa shape index (κ3) is 4.19. The molecule has 2 rings (SSSR count). The van der Waals surface area contributed by atoms with Gasteiger partial charge in [-0.2, -0.15) is 0 Å². The fraction of sp³-hybridized carbons (Fsp3) is 0.312. The topological polar surface area (TPSA) is 79.8 Å². The van der Waals surface area contributed by atoms with Gasteiger partial charge < -0.3 is 18.9 Å². The van der Waals surface area contributed by atoms with Gasteiger partial charge in [0.15, 0.2) is 6.29 Å². The van der Waals surface area contributed by atoms with Gasteiger partial charge in [-0.1, -0.05) is 29.8 Å². The van der Waals surface area contributed by atoms with Crippen LogP contribution >= 0.6 is 11.6 Å². The summed E-state index contributed by atoms with van der Waals surface area (Å²) >= 11 is 5.84. The van der Waals surface area contributed by atoms with Gasteiger partial charge in [0.25, 0.3) is 0 Å². The summed E-state index contributed by atoms with van der Waals surface area (Å²) in [6.07, 6.45) is 0.446. The SMILES string of the molecule is COC(=O)C(c1ccccc1Oc1cc(Cl)ncn1)C(OC)OC. The average molecular weight is 353 g/mol. The lowest BCUT2D eigenvalue weighted by Crippen LogP contribution is -2.30. The van der Waals surface area contributed by atoms with E-state index in [9.17, 15) is 4.79 Å². The third-order valence-corrected chi connectivity index (χ3v) is 3.48. The summed E-state index contributed by atoms with van der Waals surface area (Å²) in [6.45, 7) is 0. The molecule has 0 aliphatic rings. The van der Waals surface area contributed by atoms with Crippen molar-refractivity contribution in [1.29, 1.82) is 0 Å². The predicted molar refractivity (Wildman–Crippen MR) is 86.1 cm³/mol. The fourth-order valence-electron chi connectivity index (χ4n) is 2.20. The maximum atomic E-state index is 12.2. The van der Waals surface area contributed by atoms with Gasteiger partial charge in [0, 0.05) is 25.8 Å². The van der Waals surface area contributed by atoms with Gasteiger partial charge in [-0.15, -0.1) is 0 Å². The Balaban J connectivity index is 2.42. The molecule has 0 spiro atoms. The van der Waals surface area contributed by atoms with Crippen molar-refractivity contribution in [2.24, 2.45) is 0 Å². The van der Waals surface area contributed by atoms with E-state index in [0.29, 0.717) is 11.3 Å². The molecule has 1 heterocycles. The highest BCUT2D eigenvalue weighted by atomic mass is 35.5. The van der Waals surface area contributed by atoms with E-state index in [-0.39, 0.29) is 11.0 Å². The second-order valence-corrected chi connectivity index (χ2v) is 5.05. The Bertz CT molecular complexity index is 694. The van der Waals surface area contributed by atoms with Gasteiger partial charge in [-0.3, -0.25) is 4.79 Å². The summed E-state index contributed by atoms with van der Waals surface area (Å²) in [5.41, 5.74) is 0.535. The van der Waals surface area contributed by atoms with Crippen LogP contribution in [0.15, 0.2) is 36.7 Å². The summed E-state index contributed by atoms with van der Waals surface area (Å²) in [4.78, 5) is 20.0. The Morgan fingerprint density at radius 1 is 1.12 bits per heavy atom. The Morgan fingerprint density at radius 3 is 2.46 bits per heavy atom. The molecule has 1 aromatic heterocycles. The molecule has 128 valence electrons. The van der Waals surface area contributed by atoms with Gasteiger partial charge in [-0.05, 0) is 6.07 Å². The number of ether oxygens (including phenoxy) is 4. The number of carbonyl (C=O) groups excluding carboxylic acids is 1. The molecular weight excluding hydrogens is 336 g/mol. The van der Waals surface area contributed by atoms with Crippen LogP contribution in [0.2, 0.25) is 5.15 Å². The van der Waals surface area contributed by atoms with Gasteiger partial charge in [-0.25, -0.2) is 9.97 Å². The largest absolute Gasteiger partial charge is 0.468 e. The zero-order valence-electron chi connectivity index (χ0n) is 13.4. The smallest absolute Gasteiger partial charge is 0.318 e. The predicted octanol–water partition coefficient (Wildman–Crippen LogP) is 2.80. The van der Waals surface area contributed by atoms with E-state index in [1.807, 2.05) is 0 Å². The first-order valence-corrected chi connectivity index (χ1v) is 7.36. The highest BCUT2D eigenvalue weighted by Gasteiger charge is 2.33. The van der Waals surface area contributed by atoms with Crippen molar-refractivity contribution in [3.05, 3.63) is 47.4 Å². The van der Waals surface area contributed by atoms with Crippen LogP contribution in [0.5, 0.6) is 11.6 Å². The summed E-state index contributed by atoms with van der Waals surface area (Å²) in [5, 5.41) is 0.244. The van der Waals surface area contributed by atoms with E-state index >= 15 is 0 Å². The van der Waals surface area contributed by atoms with Crippen LogP contribution in [0.3, 0.4) is 0 Å². The fourth-order valence-corrected chi connectivity index (χ4v) is 2.33. The van der Waals surface area contributed by atoms with Gasteiger partial charge in [0.2, 0.25) is 5.88 Å². The maximum absolute atomic E-state index is 12.2. The molecule has 1 unspecified atom stereocenters. The highest BCUT2D eigenvalue weighted by Crippen LogP contribution is 2.34. The van der Waals surface area contributed by atoms with Crippen LogP contribution in [-0.4, -0.2) is 43.6 Å². The first-order valence-electron chi connectivity index (χ1n) is 6.98. The monoisotopic (exact) mass is 352 g/mol. The molecule has 0 N–H and O–H groups in total. The molecule has 0 bridgehead atoms. The van der Waals surface area contributed by atoms with E-state index in [1.165, 1.54) is 33.7 Å². The summed E-state index contributed by atoms with van der Waals surface area (Å²) in [6, 6.07) is 8.43. The summed E-state index contributed by atoms with van der Waals surface area (Å²) < 4.78 is 21.1. The average Bonchev–Trinajstić information content (AvgIpc) is 2.60. The molecular formula is C16H17ClN2O5. The number of esters is 1. The molecule has 2 aromatic rings. The summed E-state index contributed by atoms with van der Waals surface area (Å²) in [7, 11) is 4.18. The third-order valence-electron chi connectivity index (χ3n) is 3.27. The molecule has 1 aromatic carbocycles. The number of methoxy groups -OCH3 is 3. The zero-order chi connectivity index (χ0) is 17.5. The first kappa shape index (κ1) is 18.1. The highest BCUT2D eigenvalue weighted by molar-refractivity contribution is 6.29. The van der Waals surface area contributed by atoms with Crippen molar-refractivity contribution >= 4 is 17.6 Å². The molecule has 24 heavy (non-hydrogen) atoms. The Kier molecular flexibility index (Phi) is 6.48. The molecule has 0 fully saturated rings. The second kappa shape index (κ2) is 8.58. The Hall–Kier alpha value is -2.22. The molecule has 0 aliphatic heterocycles. The number of aromatic nitrogens is 2. The molecule has 7 nitrogen and oxygen atoms in total. The van der Waals surface area contributed by atoms with Gasteiger partial charge >= 0.3 is 5.97 Å². The lowest BCUT2D eigenvalue weighted by molar-refractivity contribution is -0.163. The minimum absolute atomic E-state index is 0.244. The van der Waals surface area contributed by atoms with Crippen molar-refractivity contribution in [2.75, 3.05) is 21.3 Å². The van der Waals surface area contributed by atoms with E-state index in [0.717, 1.165) is 0 Å². The molecule has 0 aliphatic carbocycles.